The Morgan fingerprint density at radius 1 is 0.423 bits per heavy atom. The van der Waals surface area contributed by atoms with Crippen LogP contribution in [0, 0.1) is 0 Å². The second-order valence-electron chi connectivity index (χ2n) is 13.0. The smallest absolute Gasteiger partial charge is 0.145 e. The number of imidazole rings is 1. The molecule has 0 bridgehead atoms. The Morgan fingerprint density at radius 3 is 1.79 bits per heavy atom. The van der Waals surface area contributed by atoms with Crippen LogP contribution in [-0.2, 0) is 0 Å². The lowest BCUT2D eigenvalue weighted by molar-refractivity contribution is 1.10. The molecule has 0 spiro atoms. The highest BCUT2D eigenvalue weighted by Gasteiger charge is 2.23. The van der Waals surface area contributed by atoms with Crippen molar-refractivity contribution >= 4 is 43.4 Å². The molecule has 3 heterocycles. The van der Waals surface area contributed by atoms with Crippen LogP contribution < -0.4 is 0 Å². The predicted octanol–water partition coefficient (Wildman–Crippen LogP) is 13.1. The molecule has 0 saturated heterocycles. The van der Waals surface area contributed by atoms with Crippen LogP contribution in [0.15, 0.2) is 188 Å². The van der Waals surface area contributed by atoms with E-state index < -0.39 is 0 Å². The summed E-state index contributed by atoms with van der Waals surface area (Å²) in [6.07, 6.45) is 0. The average molecular weight is 682 g/mol. The summed E-state index contributed by atoms with van der Waals surface area (Å²) in [6, 6.07) is 66.5. The van der Waals surface area contributed by atoms with E-state index in [9.17, 15) is 0 Å². The van der Waals surface area contributed by atoms with Crippen LogP contribution in [0.5, 0.6) is 0 Å². The van der Waals surface area contributed by atoms with E-state index in [1.54, 1.807) is 0 Å². The molecule has 0 aliphatic rings. The number of hydrogen-bond donors (Lipinski definition) is 0. The normalized spacial score (nSPS) is 11.5. The maximum absolute atomic E-state index is 5.36. The molecule has 3 aromatic heterocycles. The number of fused-ring (bicyclic) bond motifs is 4. The van der Waals surface area contributed by atoms with Crippen LogP contribution in [-0.4, -0.2) is 14.5 Å². The van der Waals surface area contributed by atoms with Crippen molar-refractivity contribution in [3.8, 4) is 61.0 Å². The molecular formula is C48H31N3S. The van der Waals surface area contributed by atoms with Crippen molar-refractivity contribution in [2.45, 2.75) is 0 Å². The fourth-order valence-electron chi connectivity index (χ4n) is 7.38. The summed E-state index contributed by atoms with van der Waals surface area (Å²) in [4.78, 5) is 11.7. The third-order valence-electron chi connectivity index (χ3n) is 9.81. The van der Waals surface area contributed by atoms with Gasteiger partial charge < -0.3 is 0 Å². The molecule has 0 fully saturated rings. The molecule has 10 rings (SSSR count). The van der Waals surface area contributed by atoms with Gasteiger partial charge >= 0.3 is 0 Å². The van der Waals surface area contributed by atoms with E-state index in [-0.39, 0.29) is 0 Å². The van der Waals surface area contributed by atoms with E-state index in [0.29, 0.717) is 0 Å². The maximum Gasteiger partial charge on any atom is 0.145 e. The monoisotopic (exact) mass is 681 g/mol. The average Bonchev–Trinajstić information content (AvgIpc) is 3.82. The van der Waals surface area contributed by atoms with Crippen molar-refractivity contribution in [2.24, 2.45) is 0 Å². The second-order valence-corrected chi connectivity index (χ2v) is 14.0. The SMILES string of the molecule is c1ccc(-c2cccc(-c3sc4c(c(-c5ccccc5)nc5ccccc54)c3-c3ccc(-c4nc5ccccc5n4-c4ccccc4)cc3)c2)cc1. The first-order valence-electron chi connectivity index (χ1n) is 17.5. The maximum atomic E-state index is 5.36. The topological polar surface area (TPSA) is 30.7 Å². The number of pyridine rings is 1. The molecule has 0 aliphatic carbocycles. The summed E-state index contributed by atoms with van der Waals surface area (Å²) in [5.74, 6) is 0.919. The second kappa shape index (κ2) is 12.6. The first-order chi connectivity index (χ1) is 25.8. The molecule has 0 aliphatic heterocycles. The first kappa shape index (κ1) is 30.2. The number of rotatable bonds is 6. The lowest BCUT2D eigenvalue weighted by Crippen LogP contribution is -1.97. The lowest BCUT2D eigenvalue weighted by Gasteiger charge is -2.13. The summed E-state index contributed by atoms with van der Waals surface area (Å²) < 4.78 is 3.50. The number of nitrogens with zero attached hydrogens (tertiary/aromatic N) is 3. The largest absolute Gasteiger partial charge is 0.292 e. The third-order valence-corrected chi connectivity index (χ3v) is 11.1. The fraction of sp³-hybridized carbons (Fsp3) is 0. The zero-order valence-corrected chi connectivity index (χ0v) is 29.0. The van der Waals surface area contributed by atoms with Gasteiger partial charge in [-0.2, -0.15) is 0 Å². The van der Waals surface area contributed by atoms with Gasteiger partial charge in [0.05, 0.1) is 22.2 Å². The molecule has 0 unspecified atom stereocenters. The number of aromatic nitrogens is 3. The van der Waals surface area contributed by atoms with Crippen molar-refractivity contribution in [3.63, 3.8) is 0 Å². The Labute approximate surface area is 305 Å². The van der Waals surface area contributed by atoms with E-state index in [1.165, 1.54) is 42.6 Å². The van der Waals surface area contributed by atoms with Gasteiger partial charge in [0, 0.05) is 42.7 Å². The van der Waals surface area contributed by atoms with Gasteiger partial charge in [0.1, 0.15) is 5.82 Å². The van der Waals surface area contributed by atoms with Crippen molar-refractivity contribution in [2.75, 3.05) is 0 Å². The summed E-state index contributed by atoms with van der Waals surface area (Å²) in [6.45, 7) is 0. The Kier molecular flexibility index (Phi) is 7.33. The Balaban J connectivity index is 1.23. The number of thiophene rings is 1. The van der Waals surface area contributed by atoms with Crippen LogP contribution in [0.4, 0.5) is 0 Å². The van der Waals surface area contributed by atoms with Crippen molar-refractivity contribution in [1.82, 2.24) is 14.5 Å². The molecule has 3 nitrogen and oxygen atoms in total. The molecule has 0 radical (unpaired) electrons. The van der Waals surface area contributed by atoms with Crippen molar-refractivity contribution in [1.29, 1.82) is 0 Å². The Hall–Kier alpha value is -6.62. The van der Waals surface area contributed by atoms with Gasteiger partial charge in [-0.05, 0) is 58.7 Å². The molecule has 244 valence electrons. The van der Waals surface area contributed by atoms with Gasteiger partial charge in [0.2, 0.25) is 0 Å². The zero-order valence-electron chi connectivity index (χ0n) is 28.1. The molecule has 0 atom stereocenters. The van der Waals surface area contributed by atoms with Crippen LogP contribution in [0.1, 0.15) is 0 Å². The fourth-order valence-corrected chi connectivity index (χ4v) is 8.74. The van der Waals surface area contributed by atoms with E-state index in [0.717, 1.165) is 50.4 Å². The zero-order chi connectivity index (χ0) is 34.4. The molecule has 0 N–H and O–H groups in total. The lowest BCUT2D eigenvalue weighted by atomic mass is 9.93. The Bertz CT molecular complexity index is 2870. The van der Waals surface area contributed by atoms with Gasteiger partial charge in [0.15, 0.2) is 0 Å². The summed E-state index contributed by atoms with van der Waals surface area (Å²) >= 11 is 1.86. The van der Waals surface area contributed by atoms with Gasteiger partial charge in [-0.1, -0.05) is 152 Å². The van der Waals surface area contributed by atoms with Gasteiger partial charge in [-0.25, -0.2) is 9.97 Å². The van der Waals surface area contributed by atoms with Gasteiger partial charge in [0.25, 0.3) is 0 Å². The number of hydrogen-bond acceptors (Lipinski definition) is 3. The van der Waals surface area contributed by atoms with E-state index in [2.05, 4.69) is 193 Å². The summed E-state index contributed by atoms with van der Waals surface area (Å²) in [7, 11) is 0. The molecule has 0 saturated carbocycles. The van der Waals surface area contributed by atoms with Crippen LogP contribution in [0.25, 0.3) is 93.0 Å². The Morgan fingerprint density at radius 2 is 1.02 bits per heavy atom. The van der Waals surface area contributed by atoms with E-state index in [4.69, 9.17) is 9.97 Å². The van der Waals surface area contributed by atoms with Gasteiger partial charge in [-0.15, -0.1) is 11.3 Å². The number of benzene rings is 7. The minimum atomic E-state index is 0.919. The highest BCUT2D eigenvalue weighted by molar-refractivity contribution is 7.24. The standard InChI is InChI=1S/C48H31N3S/c1-4-15-32(16-5-1)36-19-14-20-37(31-36)46-43(44-45(34-17-6-2-7-18-34)49-40-24-11-10-23-39(40)47(44)52-46)33-27-29-35(30-28-33)48-50-41-25-12-13-26-42(41)51(48)38-21-8-3-9-22-38/h1-31H. The highest BCUT2D eigenvalue weighted by atomic mass is 32.1. The predicted molar refractivity (Wildman–Crippen MR) is 219 cm³/mol. The quantitative estimate of drug-likeness (QED) is 0.175. The summed E-state index contributed by atoms with van der Waals surface area (Å²) in [5, 5.41) is 2.35. The van der Waals surface area contributed by atoms with Crippen LogP contribution >= 0.6 is 11.3 Å². The third kappa shape index (κ3) is 5.12. The molecule has 7 aromatic carbocycles. The first-order valence-corrected chi connectivity index (χ1v) is 18.3. The highest BCUT2D eigenvalue weighted by Crippen LogP contribution is 2.50. The molecule has 52 heavy (non-hydrogen) atoms. The number of para-hydroxylation sites is 4. The van der Waals surface area contributed by atoms with Gasteiger partial charge in [-0.3, -0.25) is 4.57 Å². The van der Waals surface area contributed by atoms with Crippen molar-refractivity contribution in [3.05, 3.63) is 188 Å². The van der Waals surface area contributed by atoms with Crippen LogP contribution in [0.2, 0.25) is 0 Å². The minimum Gasteiger partial charge on any atom is -0.292 e. The van der Waals surface area contributed by atoms with E-state index >= 15 is 0 Å². The molecule has 0 amide bonds. The summed E-state index contributed by atoms with van der Waals surface area (Å²) in [5.41, 5.74) is 13.2. The molecule has 4 heteroatoms. The van der Waals surface area contributed by atoms with Crippen molar-refractivity contribution < 1.29 is 0 Å². The van der Waals surface area contributed by atoms with E-state index in [1.807, 2.05) is 11.3 Å². The molecule has 10 aromatic rings. The van der Waals surface area contributed by atoms with Crippen LogP contribution in [0.3, 0.4) is 0 Å². The minimum absolute atomic E-state index is 0.919. The molecular weight excluding hydrogens is 651 g/mol.